The molecule has 0 unspecified atom stereocenters. The molecule has 10 nitrogen and oxygen atoms in total. The van der Waals surface area contributed by atoms with E-state index in [2.05, 4.69) is 0 Å². The quantitative estimate of drug-likeness (QED) is 0.361. The molecule has 0 aliphatic rings. The predicted octanol–water partition coefficient (Wildman–Crippen LogP) is 1.15. The van der Waals surface area contributed by atoms with E-state index in [1.807, 2.05) is 0 Å². The van der Waals surface area contributed by atoms with Crippen LogP contribution in [-0.4, -0.2) is 0 Å². The molecule has 0 fully saturated rings. The Morgan fingerprint density at radius 1 is 0.727 bits per heavy atom. The van der Waals surface area contributed by atoms with E-state index in [-0.39, 0.29) is 45.7 Å². The summed E-state index contributed by atoms with van der Waals surface area (Å²) in [6.45, 7) is 0. The van der Waals surface area contributed by atoms with Gasteiger partial charge in [-0.1, -0.05) is 0 Å². The summed E-state index contributed by atoms with van der Waals surface area (Å²) in [6.07, 6.45) is 0. The maximum Gasteiger partial charge on any atom is 0 e. The van der Waals surface area contributed by atoms with Crippen LogP contribution in [0.25, 0.3) is 0 Å². The zero-order valence-corrected chi connectivity index (χ0v) is 7.94. The molecule has 0 saturated carbocycles. The van der Waals surface area contributed by atoms with Gasteiger partial charge < -0.3 is 44.8 Å². The zero-order valence-electron chi connectivity index (χ0n) is 5.67. The topological polar surface area (TPSA) is 245 Å². The van der Waals surface area contributed by atoms with Crippen molar-refractivity contribution in [3.05, 3.63) is 20.2 Å². The maximum absolute atomic E-state index is 8.00. The van der Waals surface area contributed by atoms with E-state index in [0.29, 0.717) is 0 Å². The van der Waals surface area contributed by atoms with Gasteiger partial charge in [0.1, 0.15) is 0 Å². The van der Waals surface area contributed by atoms with Crippen molar-refractivity contribution < 1.29 is 21.1 Å². The Bertz CT molecular complexity index is 35.6. The molecular weight excluding hydrogens is 343 g/mol. The second kappa shape index (κ2) is 367. The van der Waals surface area contributed by atoms with E-state index >= 15 is 0 Å². The number of hydrogen-bond acceptors (Lipinski definition) is 10. The van der Waals surface area contributed by atoms with Crippen LogP contribution < -0.4 is 24.6 Å². The van der Waals surface area contributed by atoms with E-state index in [1.54, 1.807) is 0 Å². The van der Waals surface area contributed by atoms with E-state index in [1.165, 1.54) is 0 Å². The molecule has 11 heteroatoms. The van der Waals surface area contributed by atoms with Crippen molar-refractivity contribution in [2.45, 2.75) is 0 Å². The molecule has 12 N–H and O–H groups in total. The molecule has 0 aromatic heterocycles. The summed E-state index contributed by atoms with van der Waals surface area (Å²) in [5.74, 6) is 0. The van der Waals surface area contributed by atoms with Crippen molar-refractivity contribution >= 4 is 0 Å². The number of rotatable bonds is 0. The summed E-state index contributed by atoms with van der Waals surface area (Å²) in [5.41, 5.74) is 0. The van der Waals surface area contributed by atoms with E-state index in [4.69, 9.17) is 20.2 Å². The summed E-state index contributed by atoms with van der Waals surface area (Å²) in [6, 6.07) is 0. The molecule has 11 heavy (non-hydrogen) atoms. The Balaban J connectivity index is -0.00000000400. The van der Waals surface area contributed by atoms with Gasteiger partial charge >= 0.3 is 0 Å². The second-order valence-corrected chi connectivity index (χ2v) is 0.149. The minimum atomic E-state index is 0. The molecular formula is H12N6O4Pt-2. The van der Waals surface area contributed by atoms with Gasteiger partial charge in [0.05, 0.1) is 0 Å². The van der Waals surface area contributed by atoms with Gasteiger partial charge in [-0.3, -0.25) is 0 Å². The Kier molecular flexibility index (Phi) is 2700. The molecule has 0 bridgehead atoms. The smallest absolute Gasteiger partial charge is 0 e. The van der Waals surface area contributed by atoms with E-state index < -0.39 is 0 Å². The minimum absolute atomic E-state index is 0. The molecule has 0 aliphatic heterocycles. The molecule has 0 aromatic rings. The predicted molar refractivity (Wildman–Crippen MR) is 38.4 cm³/mol. The van der Waals surface area contributed by atoms with Crippen molar-refractivity contribution in [1.29, 1.82) is 0 Å². The molecule has 0 rings (SSSR count). The van der Waals surface area contributed by atoms with Gasteiger partial charge in [0.25, 0.3) is 0 Å². The molecule has 0 atom stereocenters. The largest absolute Gasteiger partial charge is 0.444 e. The van der Waals surface area contributed by atoms with Crippen LogP contribution in [0.1, 0.15) is 0 Å². The maximum atomic E-state index is 8.00. The average Bonchev–Trinajstić information content (AvgIpc) is 1.39. The molecule has 0 aromatic carbocycles. The SMILES string of the molecule is N.N.N.N.O=N[O-].O=N[O-].[Pt]. The van der Waals surface area contributed by atoms with Crippen LogP contribution in [0.4, 0.5) is 0 Å². The number of hydrogen-bond donors (Lipinski definition) is 4. The molecule has 0 amide bonds. The van der Waals surface area contributed by atoms with E-state index in [9.17, 15) is 0 Å². The summed E-state index contributed by atoms with van der Waals surface area (Å²) < 4.78 is 0. The van der Waals surface area contributed by atoms with Crippen LogP contribution >= 0.6 is 0 Å². The van der Waals surface area contributed by atoms with Crippen molar-refractivity contribution in [3.8, 4) is 0 Å². The molecule has 0 heterocycles. The summed E-state index contributed by atoms with van der Waals surface area (Å²) >= 11 is 0. The monoisotopic (exact) mass is 355 g/mol. The van der Waals surface area contributed by atoms with Gasteiger partial charge in [0.15, 0.2) is 0 Å². The second-order valence-electron chi connectivity index (χ2n) is 0.149. The van der Waals surface area contributed by atoms with Gasteiger partial charge in [-0.15, -0.1) is 10.7 Å². The van der Waals surface area contributed by atoms with Crippen molar-refractivity contribution in [2.24, 2.45) is 10.7 Å². The first kappa shape index (κ1) is 81.1. The van der Waals surface area contributed by atoms with Crippen LogP contribution in [0.15, 0.2) is 10.7 Å². The fourth-order valence-electron chi connectivity index (χ4n) is 0. The van der Waals surface area contributed by atoms with Gasteiger partial charge in [-0.05, 0) is 0 Å². The Hall–Kier alpha value is -0.672. The fourth-order valence-corrected chi connectivity index (χ4v) is 0. The molecule has 78 valence electrons. The summed E-state index contributed by atoms with van der Waals surface area (Å²) in [7, 11) is 0. The minimum Gasteiger partial charge on any atom is -0.444 e. The third-order valence-electron chi connectivity index (χ3n) is 0. The first-order chi connectivity index (χ1) is 2.83. The molecule has 0 saturated heterocycles. The molecule has 0 aliphatic carbocycles. The first-order valence-electron chi connectivity index (χ1n) is 0.730. The standard InChI is InChI=1S/2HNO2.4H3N.Pt/c2*2-1-3;;;;;/h2*(H,2,3);4*1H3;/p-2. The first-order valence-corrected chi connectivity index (χ1v) is 0.730. The Morgan fingerprint density at radius 3 is 0.727 bits per heavy atom. The summed E-state index contributed by atoms with van der Waals surface area (Å²) in [4.78, 5) is 16.0. The third kappa shape index (κ3) is 1110. The molecule has 0 spiro atoms. The Morgan fingerprint density at radius 2 is 0.727 bits per heavy atom. The van der Waals surface area contributed by atoms with Crippen LogP contribution in [0, 0.1) is 20.2 Å². The van der Waals surface area contributed by atoms with Crippen LogP contribution in [-0.2, 0) is 21.1 Å². The summed E-state index contributed by atoms with van der Waals surface area (Å²) in [5, 5.41) is 18.0. The van der Waals surface area contributed by atoms with Crippen LogP contribution in [0.3, 0.4) is 0 Å². The third-order valence-corrected chi connectivity index (χ3v) is 0. The normalized spacial score (nSPS) is 2.18. The van der Waals surface area contributed by atoms with Crippen molar-refractivity contribution in [2.75, 3.05) is 0 Å². The fraction of sp³-hybridized carbons (Fsp3) is 0. The number of nitrogens with zero attached hydrogens (tertiary/aromatic N) is 2. The van der Waals surface area contributed by atoms with Gasteiger partial charge in [0, 0.05) is 21.1 Å². The van der Waals surface area contributed by atoms with Crippen LogP contribution in [0.5, 0.6) is 0 Å². The molecule has 0 radical (unpaired) electrons. The van der Waals surface area contributed by atoms with Crippen LogP contribution in [0.2, 0.25) is 0 Å². The zero-order chi connectivity index (χ0) is 5.41. The van der Waals surface area contributed by atoms with Gasteiger partial charge in [-0.25, -0.2) is 0 Å². The Labute approximate surface area is 77.2 Å². The van der Waals surface area contributed by atoms with E-state index in [0.717, 1.165) is 10.7 Å². The average molecular weight is 355 g/mol. The van der Waals surface area contributed by atoms with Crippen molar-refractivity contribution in [3.63, 3.8) is 0 Å². The van der Waals surface area contributed by atoms with Crippen molar-refractivity contribution in [1.82, 2.24) is 24.6 Å². The van der Waals surface area contributed by atoms with Gasteiger partial charge in [-0.2, -0.15) is 0 Å². The van der Waals surface area contributed by atoms with Gasteiger partial charge in [0.2, 0.25) is 0 Å².